The topological polar surface area (TPSA) is 83.8 Å². The van der Waals surface area contributed by atoms with Crippen molar-refractivity contribution in [2.24, 2.45) is 11.8 Å². The minimum Gasteiger partial charge on any atom is -0.342 e. The van der Waals surface area contributed by atoms with Gasteiger partial charge in [0.05, 0.1) is 10.8 Å². The number of nitro groups is 1. The number of nitro benzene ring substituents is 1. The highest BCUT2D eigenvalue weighted by Gasteiger charge is 2.32. The fourth-order valence-corrected chi connectivity index (χ4v) is 3.76. The summed E-state index contributed by atoms with van der Waals surface area (Å²) < 4.78 is 0. The van der Waals surface area contributed by atoms with E-state index in [1.807, 2.05) is 4.90 Å². The second-order valence-corrected chi connectivity index (χ2v) is 7.40. The molecule has 7 heteroatoms. The van der Waals surface area contributed by atoms with E-state index in [-0.39, 0.29) is 23.4 Å². The van der Waals surface area contributed by atoms with E-state index < -0.39 is 4.92 Å². The molecule has 0 radical (unpaired) electrons. The molecule has 2 aliphatic rings. The molecule has 0 aliphatic carbocycles. The number of benzene rings is 1. The number of carbonyl (C=O) groups is 2. The quantitative estimate of drug-likeness (QED) is 0.613. The lowest BCUT2D eigenvalue weighted by atomic mass is 9.93. The first-order valence-corrected chi connectivity index (χ1v) is 9.28. The number of hydrogen-bond acceptors (Lipinski definition) is 4. The maximum Gasteiger partial charge on any atom is 0.269 e. The molecule has 7 nitrogen and oxygen atoms in total. The zero-order chi connectivity index (χ0) is 18.7. The highest BCUT2D eigenvalue weighted by atomic mass is 16.6. The molecule has 2 amide bonds. The van der Waals surface area contributed by atoms with Crippen molar-refractivity contribution in [1.29, 1.82) is 0 Å². The molecule has 0 spiro atoms. The molecule has 0 bridgehead atoms. The molecular formula is C19H25N3O4. The van der Waals surface area contributed by atoms with Crippen LogP contribution in [-0.2, 0) is 4.79 Å². The molecule has 3 rings (SSSR count). The van der Waals surface area contributed by atoms with E-state index in [1.165, 1.54) is 24.3 Å². The van der Waals surface area contributed by atoms with Gasteiger partial charge in [-0.2, -0.15) is 0 Å². The van der Waals surface area contributed by atoms with E-state index >= 15 is 0 Å². The summed E-state index contributed by atoms with van der Waals surface area (Å²) in [4.78, 5) is 39.4. The van der Waals surface area contributed by atoms with Crippen LogP contribution in [0.5, 0.6) is 0 Å². The monoisotopic (exact) mass is 359 g/mol. The van der Waals surface area contributed by atoms with Crippen molar-refractivity contribution >= 4 is 17.5 Å². The van der Waals surface area contributed by atoms with Crippen molar-refractivity contribution in [1.82, 2.24) is 9.80 Å². The molecule has 0 unspecified atom stereocenters. The predicted octanol–water partition coefficient (Wildman–Crippen LogP) is 2.71. The molecule has 26 heavy (non-hydrogen) atoms. The normalized spacial score (nSPS) is 21.5. The maximum atomic E-state index is 12.8. The molecule has 1 aromatic rings. The van der Waals surface area contributed by atoms with E-state index in [2.05, 4.69) is 6.92 Å². The van der Waals surface area contributed by atoms with Gasteiger partial charge in [-0.15, -0.1) is 0 Å². The van der Waals surface area contributed by atoms with Gasteiger partial charge >= 0.3 is 0 Å². The van der Waals surface area contributed by atoms with Gasteiger partial charge in [0.15, 0.2) is 0 Å². The Kier molecular flexibility index (Phi) is 5.54. The van der Waals surface area contributed by atoms with Gasteiger partial charge in [0.2, 0.25) is 5.91 Å². The smallest absolute Gasteiger partial charge is 0.269 e. The SMILES string of the molecule is CC1CCN(C(=O)[C@@H]2CCCN(C(=O)c3ccc([N+](=O)[O-])cc3)C2)CC1. The highest BCUT2D eigenvalue weighted by Crippen LogP contribution is 2.24. The Hall–Kier alpha value is -2.44. The van der Waals surface area contributed by atoms with Gasteiger partial charge in [-0.25, -0.2) is 0 Å². The number of nitrogens with zero attached hydrogens (tertiary/aromatic N) is 3. The van der Waals surface area contributed by atoms with Crippen molar-refractivity contribution in [2.45, 2.75) is 32.6 Å². The van der Waals surface area contributed by atoms with Crippen LogP contribution in [0.2, 0.25) is 0 Å². The molecule has 140 valence electrons. The zero-order valence-corrected chi connectivity index (χ0v) is 15.1. The average molecular weight is 359 g/mol. The maximum absolute atomic E-state index is 12.8. The number of non-ortho nitro benzene ring substituents is 1. The summed E-state index contributed by atoms with van der Waals surface area (Å²) in [6, 6.07) is 5.65. The van der Waals surface area contributed by atoms with Gasteiger partial charge < -0.3 is 9.80 Å². The average Bonchev–Trinajstić information content (AvgIpc) is 2.67. The number of rotatable bonds is 3. The van der Waals surface area contributed by atoms with Crippen LogP contribution in [0.1, 0.15) is 43.0 Å². The Morgan fingerprint density at radius 1 is 1.04 bits per heavy atom. The minimum atomic E-state index is -0.483. The highest BCUT2D eigenvalue weighted by molar-refractivity contribution is 5.95. The van der Waals surface area contributed by atoms with Gasteiger partial charge in [0, 0.05) is 43.9 Å². The molecule has 2 aliphatic heterocycles. The summed E-state index contributed by atoms with van der Waals surface area (Å²) in [5, 5.41) is 10.7. The van der Waals surface area contributed by atoms with E-state index in [0.29, 0.717) is 24.6 Å². The lowest BCUT2D eigenvalue weighted by Crippen LogP contribution is -2.48. The Morgan fingerprint density at radius 3 is 2.31 bits per heavy atom. The molecule has 0 N–H and O–H groups in total. The third-order valence-corrected chi connectivity index (χ3v) is 5.48. The van der Waals surface area contributed by atoms with Crippen molar-refractivity contribution < 1.29 is 14.5 Å². The molecule has 1 aromatic carbocycles. The molecular weight excluding hydrogens is 334 g/mol. The van der Waals surface area contributed by atoms with Crippen LogP contribution < -0.4 is 0 Å². The lowest BCUT2D eigenvalue weighted by molar-refractivity contribution is -0.384. The van der Waals surface area contributed by atoms with Crippen LogP contribution in [0.25, 0.3) is 0 Å². The second-order valence-electron chi connectivity index (χ2n) is 7.40. The van der Waals surface area contributed by atoms with Crippen LogP contribution in [0.3, 0.4) is 0 Å². The summed E-state index contributed by atoms with van der Waals surface area (Å²) in [6.45, 7) is 4.89. The Bertz CT molecular complexity index is 681. The first-order chi connectivity index (χ1) is 12.5. The number of amides is 2. The summed E-state index contributed by atoms with van der Waals surface area (Å²) in [5.74, 6) is 0.535. The number of hydrogen-bond donors (Lipinski definition) is 0. The van der Waals surface area contributed by atoms with E-state index in [4.69, 9.17) is 0 Å². The first kappa shape index (κ1) is 18.4. The molecule has 2 saturated heterocycles. The summed E-state index contributed by atoms with van der Waals surface area (Å²) in [6.07, 6.45) is 3.71. The Morgan fingerprint density at radius 2 is 1.69 bits per heavy atom. The molecule has 0 saturated carbocycles. The Labute approximate surface area is 153 Å². The molecule has 1 atom stereocenters. The van der Waals surface area contributed by atoms with E-state index in [0.717, 1.165) is 38.8 Å². The predicted molar refractivity (Wildman–Crippen MR) is 96.7 cm³/mol. The van der Waals surface area contributed by atoms with Crippen LogP contribution >= 0.6 is 0 Å². The lowest BCUT2D eigenvalue weighted by Gasteiger charge is -2.37. The van der Waals surface area contributed by atoms with Crippen molar-refractivity contribution in [3.8, 4) is 0 Å². The fraction of sp³-hybridized carbons (Fsp3) is 0.579. The molecule has 2 heterocycles. The third-order valence-electron chi connectivity index (χ3n) is 5.48. The largest absolute Gasteiger partial charge is 0.342 e. The number of likely N-dealkylation sites (tertiary alicyclic amines) is 2. The minimum absolute atomic E-state index is 0.0347. The van der Waals surface area contributed by atoms with Gasteiger partial charge in [0.1, 0.15) is 0 Å². The number of piperidine rings is 2. The van der Waals surface area contributed by atoms with Crippen molar-refractivity contribution in [3.63, 3.8) is 0 Å². The van der Waals surface area contributed by atoms with Crippen molar-refractivity contribution in [2.75, 3.05) is 26.2 Å². The van der Waals surface area contributed by atoms with Crippen LogP contribution in [0, 0.1) is 22.0 Å². The zero-order valence-electron chi connectivity index (χ0n) is 15.1. The Balaban J connectivity index is 1.63. The van der Waals surface area contributed by atoms with Gasteiger partial charge in [-0.1, -0.05) is 6.92 Å². The van der Waals surface area contributed by atoms with Crippen LogP contribution in [0.15, 0.2) is 24.3 Å². The van der Waals surface area contributed by atoms with E-state index in [9.17, 15) is 19.7 Å². The van der Waals surface area contributed by atoms with E-state index in [1.54, 1.807) is 4.90 Å². The standard InChI is InChI=1S/C19H25N3O4/c1-14-8-11-20(12-9-14)19(24)16-3-2-10-21(13-16)18(23)15-4-6-17(7-5-15)22(25)26/h4-7,14,16H,2-3,8-13H2,1H3/t16-/m1/s1. The molecule has 2 fully saturated rings. The summed E-state index contributed by atoms with van der Waals surface area (Å²) in [7, 11) is 0. The third kappa shape index (κ3) is 4.03. The van der Waals surface area contributed by atoms with Crippen molar-refractivity contribution in [3.05, 3.63) is 39.9 Å². The fourth-order valence-electron chi connectivity index (χ4n) is 3.76. The first-order valence-electron chi connectivity index (χ1n) is 9.28. The number of carbonyl (C=O) groups excluding carboxylic acids is 2. The van der Waals surface area contributed by atoms with Gasteiger partial charge in [-0.05, 0) is 43.7 Å². The summed E-state index contributed by atoms with van der Waals surface area (Å²) in [5.41, 5.74) is 0.392. The van der Waals surface area contributed by atoms with Gasteiger partial charge in [0.25, 0.3) is 11.6 Å². The van der Waals surface area contributed by atoms with Crippen LogP contribution in [-0.4, -0.2) is 52.7 Å². The van der Waals surface area contributed by atoms with Crippen LogP contribution in [0.4, 0.5) is 5.69 Å². The van der Waals surface area contributed by atoms with Gasteiger partial charge in [-0.3, -0.25) is 19.7 Å². The molecule has 0 aromatic heterocycles. The summed E-state index contributed by atoms with van der Waals surface area (Å²) >= 11 is 0. The second kappa shape index (κ2) is 7.85.